The first-order valence-corrected chi connectivity index (χ1v) is 13.9. The van der Waals surface area contributed by atoms with Crippen LogP contribution in [0.25, 0.3) is 0 Å². The predicted octanol–water partition coefficient (Wildman–Crippen LogP) is 3.96. The number of benzene rings is 2. The summed E-state index contributed by atoms with van der Waals surface area (Å²) >= 11 is 0. The van der Waals surface area contributed by atoms with Crippen molar-refractivity contribution in [2.75, 3.05) is 23.7 Å². The third kappa shape index (κ3) is 8.09. The molecule has 2 aromatic carbocycles. The second-order valence-corrected chi connectivity index (χ2v) is 11.5. The monoisotopic (exact) mass is 501 g/mol. The second-order valence-electron chi connectivity index (χ2n) is 9.61. The first-order chi connectivity index (χ1) is 16.3. The number of nitrogens with zero attached hydrogens (tertiary/aromatic N) is 2. The molecular formula is C27H39N3O4S. The van der Waals surface area contributed by atoms with Gasteiger partial charge in [0.15, 0.2) is 0 Å². The largest absolute Gasteiger partial charge is 0.354 e. The van der Waals surface area contributed by atoms with Crippen LogP contribution in [-0.2, 0) is 26.2 Å². The highest BCUT2D eigenvalue weighted by atomic mass is 32.2. The molecule has 1 N–H and O–H groups in total. The van der Waals surface area contributed by atoms with Crippen molar-refractivity contribution in [2.24, 2.45) is 5.92 Å². The molecule has 0 saturated carbocycles. The fourth-order valence-corrected chi connectivity index (χ4v) is 4.69. The first kappa shape index (κ1) is 28.4. The van der Waals surface area contributed by atoms with Gasteiger partial charge in [-0.25, -0.2) is 8.42 Å². The Kier molecular flexibility index (Phi) is 9.89. The summed E-state index contributed by atoms with van der Waals surface area (Å²) in [5, 5.41) is 2.93. The van der Waals surface area contributed by atoms with Crippen molar-refractivity contribution in [3.63, 3.8) is 0 Å². The lowest BCUT2D eigenvalue weighted by atomic mass is 10.1. The Labute approximate surface area is 210 Å². The van der Waals surface area contributed by atoms with E-state index in [-0.39, 0.29) is 24.9 Å². The summed E-state index contributed by atoms with van der Waals surface area (Å²) < 4.78 is 26.5. The number of anilines is 1. The highest BCUT2D eigenvalue weighted by Crippen LogP contribution is 2.22. The maximum absolute atomic E-state index is 13.7. The van der Waals surface area contributed by atoms with Gasteiger partial charge in [0, 0.05) is 13.1 Å². The Bertz CT molecular complexity index is 1140. The smallest absolute Gasteiger partial charge is 0.244 e. The van der Waals surface area contributed by atoms with Crippen LogP contribution in [0.1, 0.15) is 49.4 Å². The number of hydrogen-bond donors (Lipinski definition) is 1. The quantitative estimate of drug-likeness (QED) is 0.505. The van der Waals surface area contributed by atoms with Crippen molar-refractivity contribution < 1.29 is 18.0 Å². The molecule has 8 heteroatoms. The molecule has 0 aliphatic heterocycles. The third-order valence-electron chi connectivity index (χ3n) is 5.96. The summed E-state index contributed by atoms with van der Waals surface area (Å²) in [7, 11) is -3.74. The molecule has 1 atom stereocenters. The molecule has 0 aliphatic rings. The van der Waals surface area contributed by atoms with Crippen molar-refractivity contribution >= 4 is 27.5 Å². The summed E-state index contributed by atoms with van der Waals surface area (Å²) in [6.45, 7) is 12.0. The van der Waals surface area contributed by atoms with Crippen LogP contribution in [-0.4, -0.2) is 50.5 Å². The number of rotatable bonds is 11. The SMILES string of the molecule is CCC(C(=O)NCC(C)C)N(Cc1cccc(C)c1)C(=O)CN(c1ccc(C)c(C)c1)S(C)(=O)=O. The zero-order valence-corrected chi connectivity index (χ0v) is 22.8. The van der Waals surface area contributed by atoms with Gasteiger partial charge in [-0.1, -0.05) is 56.7 Å². The second kappa shape index (κ2) is 12.2. The number of aryl methyl sites for hydroxylation is 3. The first-order valence-electron chi connectivity index (χ1n) is 12.0. The van der Waals surface area contributed by atoms with Gasteiger partial charge in [0.05, 0.1) is 11.9 Å². The fraction of sp³-hybridized carbons (Fsp3) is 0.481. The molecule has 0 radical (unpaired) electrons. The van der Waals surface area contributed by atoms with E-state index < -0.39 is 22.0 Å². The van der Waals surface area contributed by atoms with Crippen molar-refractivity contribution in [3.05, 3.63) is 64.7 Å². The molecule has 2 aromatic rings. The topological polar surface area (TPSA) is 86.8 Å². The summed E-state index contributed by atoms with van der Waals surface area (Å²) in [4.78, 5) is 28.3. The number of carbonyl (C=O) groups is 2. The molecule has 0 bridgehead atoms. The van der Waals surface area contributed by atoms with Gasteiger partial charge in [-0.3, -0.25) is 13.9 Å². The minimum Gasteiger partial charge on any atom is -0.354 e. The van der Waals surface area contributed by atoms with Gasteiger partial charge in [-0.2, -0.15) is 0 Å². The molecule has 192 valence electrons. The van der Waals surface area contributed by atoms with Crippen LogP contribution in [0, 0.1) is 26.7 Å². The molecule has 0 heterocycles. The van der Waals surface area contributed by atoms with E-state index in [1.807, 2.05) is 71.9 Å². The van der Waals surface area contributed by atoms with Gasteiger partial charge in [0.1, 0.15) is 12.6 Å². The average molecular weight is 502 g/mol. The van der Waals surface area contributed by atoms with Gasteiger partial charge in [-0.15, -0.1) is 0 Å². The predicted molar refractivity (Wildman–Crippen MR) is 142 cm³/mol. The van der Waals surface area contributed by atoms with Crippen LogP contribution in [0.15, 0.2) is 42.5 Å². The standard InChI is InChI=1S/C27H39N3O4S/c1-8-25(27(32)28-16-19(2)3)29(17-23-11-9-10-20(4)14-23)26(31)18-30(35(7,33)34)24-13-12-21(5)22(6)15-24/h9-15,19,25H,8,16-18H2,1-7H3,(H,28,32). The van der Waals surface area contributed by atoms with E-state index in [1.165, 1.54) is 4.90 Å². The Morgan fingerprint density at radius 3 is 2.23 bits per heavy atom. The van der Waals surface area contributed by atoms with Gasteiger partial charge >= 0.3 is 0 Å². The fourth-order valence-electron chi connectivity index (χ4n) is 3.84. The van der Waals surface area contributed by atoms with Crippen molar-refractivity contribution in [1.82, 2.24) is 10.2 Å². The Hall–Kier alpha value is -2.87. The maximum Gasteiger partial charge on any atom is 0.244 e. The van der Waals surface area contributed by atoms with Gasteiger partial charge in [-0.05, 0) is 61.9 Å². The Balaban J connectivity index is 2.44. The Morgan fingerprint density at radius 1 is 1.00 bits per heavy atom. The van der Waals surface area contributed by atoms with E-state index in [2.05, 4.69) is 5.32 Å². The van der Waals surface area contributed by atoms with E-state index in [0.717, 1.165) is 32.8 Å². The maximum atomic E-state index is 13.7. The minimum absolute atomic E-state index is 0.207. The van der Waals surface area contributed by atoms with Crippen LogP contribution in [0.3, 0.4) is 0 Å². The summed E-state index contributed by atoms with van der Waals surface area (Å²) in [5.74, 6) is -0.399. The van der Waals surface area contributed by atoms with Gasteiger partial charge < -0.3 is 10.2 Å². The van der Waals surface area contributed by atoms with Crippen LogP contribution < -0.4 is 9.62 Å². The summed E-state index contributed by atoms with van der Waals surface area (Å²) in [6.07, 6.45) is 1.50. The average Bonchev–Trinajstić information content (AvgIpc) is 2.77. The molecule has 1 unspecified atom stereocenters. The van der Waals surface area contributed by atoms with E-state index >= 15 is 0 Å². The molecule has 35 heavy (non-hydrogen) atoms. The highest BCUT2D eigenvalue weighted by molar-refractivity contribution is 7.92. The van der Waals surface area contributed by atoms with E-state index in [1.54, 1.807) is 12.1 Å². The number of sulfonamides is 1. The van der Waals surface area contributed by atoms with Crippen LogP contribution >= 0.6 is 0 Å². The van der Waals surface area contributed by atoms with E-state index in [9.17, 15) is 18.0 Å². The molecule has 0 saturated heterocycles. The summed E-state index contributed by atoms with van der Waals surface area (Å²) in [5.41, 5.74) is 4.31. The zero-order chi connectivity index (χ0) is 26.3. The van der Waals surface area contributed by atoms with Crippen molar-refractivity contribution in [1.29, 1.82) is 0 Å². The number of hydrogen-bond acceptors (Lipinski definition) is 4. The van der Waals surface area contributed by atoms with E-state index in [0.29, 0.717) is 18.7 Å². The van der Waals surface area contributed by atoms with Gasteiger partial charge in [0.25, 0.3) is 0 Å². The van der Waals surface area contributed by atoms with Crippen molar-refractivity contribution in [3.8, 4) is 0 Å². The number of nitrogens with one attached hydrogen (secondary N) is 1. The molecule has 0 spiro atoms. The normalized spacial score (nSPS) is 12.3. The van der Waals surface area contributed by atoms with Crippen LogP contribution in [0.4, 0.5) is 5.69 Å². The zero-order valence-electron chi connectivity index (χ0n) is 22.0. The molecule has 0 fully saturated rings. The molecule has 7 nitrogen and oxygen atoms in total. The Morgan fingerprint density at radius 2 is 1.69 bits per heavy atom. The molecule has 2 rings (SSSR count). The minimum atomic E-state index is -3.74. The van der Waals surface area contributed by atoms with E-state index in [4.69, 9.17) is 0 Å². The summed E-state index contributed by atoms with van der Waals surface area (Å²) in [6, 6.07) is 12.3. The number of amides is 2. The molecule has 0 aromatic heterocycles. The lowest BCUT2D eigenvalue weighted by molar-refractivity contribution is -0.140. The number of carbonyl (C=O) groups excluding carboxylic acids is 2. The lowest BCUT2D eigenvalue weighted by Crippen LogP contribution is -2.52. The van der Waals surface area contributed by atoms with Gasteiger partial charge in [0.2, 0.25) is 21.8 Å². The van der Waals surface area contributed by atoms with Crippen molar-refractivity contribution in [2.45, 2.75) is 60.5 Å². The third-order valence-corrected chi connectivity index (χ3v) is 7.10. The molecule has 0 aliphatic carbocycles. The van der Waals surface area contributed by atoms with Crippen LogP contribution in [0.2, 0.25) is 0 Å². The lowest BCUT2D eigenvalue weighted by Gasteiger charge is -2.33. The molecule has 2 amide bonds. The highest BCUT2D eigenvalue weighted by Gasteiger charge is 2.31. The van der Waals surface area contributed by atoms with Crippen LogP contribution in [0.5, 0.6) is 0 Å². The molecular weight excluding hydrogens is 462 g/mol.